The maximum atomic E-state index is 12.8. The predicted octanol–water partition coefficient (Wildman–Crippen LogP) is 5.64. The van der Waals surface area contributed by atoms with Crippen LogP contribution in [0.2, 0.25) is 5.02 Å². The molecule has 0 aliphatic carbocycles. The molecule has 1 aromatic heterocycles. The molecule has 0 bridgehead atoms. The molecule has 92 valence electrons. The average Bonchev–Trinajstić information content (AvgIpc) is 2.43. The summed E-state index contributed by atoms with van der Waals surface area (Å²) in [6.45, 7) is 0. The second-order valence-electron chi connectivity index (χ2n) is 2.75. The standard InChI is InChI=1S/C7H2BrCl2F5S/c8-5-2(9)1-3(16-5)4(10)6(11,12)7(13,14)15/h1,4H. The quantitative estimate of drug-likeness (QED) is 0.471. The molecule has 1 atom stereocenters. The fraction of sp³-hybridized carbons (Fsp3) is 0.429. The zero-order valence-corrected chi connectivity index (χ0v) is 11.0. The number of thiophene rings is 1. The minimum absolute atomic E-state index is 0.0450. The van der Waals surface area contributed by atoms with E-state index in [-0.39, 0.29) is 13.7 Å². The summed E-state index contributed by atoms with van der Waals surface area (Å²) in [5.41, 5.74) is 0. The van der Waals surface area contributed by atoms with Crippen LogP contribution in [0, 0.1) is 0 Å². The van der Waals surface area contributed by atoms with Crippen LogP contribution in [0.4, 0.5) is 22.0 Å². The Balaban J connectivity index is 3.07. The molecule has 0 amide bonds. The van der Waals surface area contributed by atoms with Gasteiger partial charge in [-0.25, -0.2) is 0 Å². The zero-order valence-electron chi connectivity index (χ0n) is 7.09. The number of hydrogen-bond acceptors (Lipinski definition) is 1. The molecule has 1 heterocycles. The molecular formula is C7H2BrCl2F5S. The molecule has 0 aliphatic rings. The average molecular weight is 364 g/mol. The van der Waals surface area contributed by atoms with Gasteiger partial charge in [-0.3, -0.25) is 0 Å². The summed E-state index contributed by atoms with van der Waals surface area (Å²) in [5.74, 6) is -5.00. The third-order valence-electron chi connectivity index (χ3n) is 1.61. The summed E-state index contributed by atoms with van der Waals surface area (Å²) in [4.78, 5) is -0.346. The van der Waals surface area contributed by atoms with E-state index in [1.807, 2.05) is 0 Å². The summed E-state index contributed by atoms with van der Waals surface area (Å²) in [5, 5.41) is -2.44. The van der Waals surface area contributed by atoms with Crippen LogP contribution in [0.25, 0.3) is 0 Å². The number of hydrogen-bond donors (Lipinski definition) is 0. The van der Waals surface area contributed by atoms with Crippen LogP contribution >= 0.6 is 50.5 Å². The van der Waals surface area contributed by atoms with Crippen molar-refractivity contribution in [3.05, 3.63) is 19.8 Å². The highest BCUT2D eigenvalue weighted by Crippen LogP contribution is 2.50. The summed E-state index contributed by atoms with van der Waals surface area (Å²) in [6.07, 6.45) is -5.69. The van der Waals surface area contributed by atoms with E-state index >= 15 is 0 Å². The van der Waals surface area contributed by atoms with E-state index in [1.165, 1.54) is 0 Å². The molecule has 1 rings (SSSR count). The van der Waals surface area contributed by atoms with E-state index in [2.05, 4.69) is 15.9 Å². The molecule has 0 spiro atoms. The first-order chi connectivity index (χ1) is 7.07. The van der Waals surface area contributed by atoms with Gasteiger partial charge in [0.1, 0.15) is 5.38 Å². The molecule has 0 aromatic carbocycles. The van der Waals surface area contributed by atoms with Crippen LogP contribution in [-0.4, -0.2) is 12.1 Å². The number of rotatable bonds is 2. The fourth-order valence-corrected chi connectivity index (χ4v) is 2.90. The van der Waals surface area contributed by atoms with E-state index in [0.717, 1.165) is 6.07 Å². The van der Waals surface area contributed by atoms with Gasteiger partial charge in [0.05, 0.1) is 8.81 Å². The van der Waals surface area contributed by atoms with Gasteiger partial charge >= 0.3 is 12.1 Å². The smallest absolute Gasteiger partial charge is 0.194 e. The molecule has 0 saturated carbocycles. The first kappa shape index (κ1) is 14.5. The molecule has 0 radical (unpaired) electrons. The Morgan fingerprint density at radius 3 is 2.06 bits per heavy atom. The van der Waals surface area contributed by atoms with Crippen molar-refractivity contribution >= 4 is 50.5 Å². The third kappa shape index (κ3) is 2.63. The molecule has 0 aliphatic heterocycles. The van der Waals surface area contributed by atoms with Crippen molar-refractivity contribution in [3.8, 4) is 0 Å². The monoisotopic (exact) mass is 362 g/mol. The normalized spacial score (nSPS) is 15.2. The molecule has 16 heavy (non-hydrogen) atoms. The second-order valence-corrected chi connectivity index (χ2v) is 6.00. The van der Waals surface area contributed by atoms with Gasteiger partial charge in [0, 0.05) is 4.88 Å². The van der Waals surface area contributed by atoms with Gasteiger partial charge < -0.3 is 0 Å². The first-order valence-corrected chi connectivity index (χ1v) is 6.03. The van der Waals surface area contributed by atoms with Crippen molar-refractivity contribution in [2.75, 3.05) is 0 Å². The van der Waals surface area contributed by atoms with E-state index in [9.17, 15) is 22.0 Å². The molecule has 1 aromatic rings. The highest BCUT2D eigenvalue weighted by Gasteiger charge is 2.62. The number of alkyl halides is 6. The van der Waals surface area contributed by atoms with E-state index in [1.54, 1.807) is 0 Å². The van der Waals surface area contributed by atoms with E-state index < -0.39 is 17.5 Å². The van der Waals surface area contributed by atoms with Crippen LogP contribution in [-0.2, 0) is 0 Å². The molecule has 0 saturated heterocycles. The second kappa shape index (κ2) is 4.59. The first-order valence-electron chi connectivity index (χ1n) is 3.60. The van der Waals surface area contributed by atoms with Crippen LogP contribution in [0.1, 0.15) is 10.3 Å². The Bertz CT molecular complexity index is 369. The lowest BCUT2D eigenvalue weighted by Crippen LogP contribution is -2.39. The minimum atomic E-state index is -5.69. The van der Waals surface area contributed by atoms with Crippen molar-refractivity contribution in [3.63, 3.8) is 0 Å². The van der Waals surface area contributed by atoms with Crippen molar-refractivity contribution in [1.82, 2.24) is 0 Å². The van der Waals surface area contributed by atoms with Gasteiger partial charge in [-0.05, 0) is 22.0 Å². The topological polar surface area (TPSA) is 0 Å². The molecule has 0 nitrogen and oxygen atoms in total. The summed E-state index contributed by atoms with van der Waals surface area (Å²) >= 11 is 14.2. The Hall–Kier alpha value is 0.410. The predicted molar refractivity (Wildman–Crippen MR) is 56.6 cm³/mol. The van der Waals surface area contributed by atoms with Gasteiger partial charge in [0.25, 0.3) is 0 Å². The van der Waals surface area contributed by atoms with Crippen LogP contribution in [0.3, 0.4) is 0 Å². The maximum absolute atomic E-state index is 12.8. The van der Waals surface area contributed by atoms with E-state index in [0.29, 0.717) is 11.3 Å². The lowest BCUT2D eigenvalue weighted by Gasteiger charge is -2.23. The van der Waals surface area contributed by atoms with Crippen LogP contribution < -0.4 is 0 Å². The zero-order chi connectivity index (χ0) is 12.7. The van der Waals surface area contributed by atoms with Gasteiger partial charge in [-0.1, -0.05) is 11.6 Å². The largest absolute Gasteiger partial charge is 0.455 e. The molecular weight excluding hydrogens is 362 g/mol. The maximum Gasteiger partial charge on any atom is 0.455 e. The SMILES string of the molecule is FC(F)(F)C(F)(F)C(Cl)c1cc(Cl)c(Br)s1. The van der Waals surface area contributed by atoms with Crippen molar-refractivity contribution in [1.29, 1.82) is 0 Å². The minimum Gasteiger partial charge on any atom is -0.194 e. The highest BCUT2D eigenvalue weighted by molar-refractivity contribution is 9.11. The number of halogens is 8. The van der Waals surface area contributed by atoms with Crippen molar-refractivity contribution in [2.24, 2.45) is 0 Å². The van der Waals surface area contributed by atoms with Crippen molar-refractivity contribution < 1.29 is 22.0 Å². The van der Waals surface area contributed by atoms with E-state index in [4.69, 9.17) is 23.2 Å². The lowest BCUT2D eigenvalue weighted by molar-refractivity contribution is -0.283. The fourth-order valence-electron chi connectivity index (χ4n) is 0.811. The summed E-state index contributed by atoms with van der Waals surface area (Å²) in [6, 6.07) is 0.980. The highest BCUT2D eigenvalue weighted by atomic mass is 79.9. The summed E-state index contributed by atoms with van der Waals surface area (Å²) < 4.78 is 61.9. The van der Waals surface area contributed by atoms with Gasteiger partial charge in [0.15, 0.2) is 0 Å². The van der Waals surface area contributed by atoms with Crippen molar-refractivity contribution in [2.45, 2.75) is 17.5 Å². The lowest BCUT2D eigenvalue weighted by atomic mass is 10.2. The van der Waals surface area contributed by atoms with Gasteiger partial charge in [-0.15, -0.1) is 22.9 Å². The molecule has 9 heteroatoms. The van der Waals surface area contributed by atoms with Gasteiger partial charge in [0.2, 0.25) is 0 Å². The Kier molecular flexibility index (Phi) is 4.15. The molecule has 0 fully saturated rings. The Labute approximate surface area is 109 Å². The Morgan fingerprint density at radius 1 is 1.25 bits per heavy atom. The molecule has 0 N–H and O–H groups in total. The van der Waals surface area contributed by atoms with Crippen LogP contribution in [0.5, 0.6) is 0 Å². The third-order valence-corrected chi connectivity index (χ3v) is 4.79. The molecule has 1 unspecified atom stereocenters. The van der Waals surface area contributed by atoms with Crippen LogP contribution in [0.15, 0.2) is 9.85 Å². The Morgan fingerprint density at radius 2 is 1.75 bits per heavy atom. The van der Waals surface area contributed by atoms with Gasteiger partial charge in [-0.2, -0.15) is 22.0 Å². The summed E-state index contributed by atoms with van der Waals surface area (Å²) in [7, 11) is 0.